The monoisotopic (exact) mass is 368 g/mol. The molecular formula is C24H20N2O2. The number of fused-ring (bicyclic) bond motifs is 1. The van der Waals surface area contributed by atoms with Crippen LogP contribution in [0.4, 0.5) is 11.4 Å². The molecule has 0 unspecified atom stereocenters. The lowest BCUT2D eigenvalue weighted by Crippen LogP contribution is -2.22. The average molecular weight is 368 g/mol. The van der Waals surface area contributed by atoms with E-state index < -0.39 is 0 Å². The summed E-state index contributed by atoms with van der Waals surface area (Å²) in [5.74, 6) is -0.254. The summed E-state index contributed by atoms with van der Waals surface area (Å²) in [5, 5.41) is 3.83. The number of rotatable bonds is 3. The number of anilines is 1. The molecule has 4 rings (SSSR count). The maximum atomic E-state index is 13.1. The van der Waals surface area contributed by atoms with Gasteiger partial charge in [-0.2, -0.15) is 0 Å². The second-order valence-corrected chi connectivity index (χ2v) is 6.72. The Morgan fingerprint density at radius 3 is 2.43 bits per heavy atom. The van der Waals surface area contributed by atoms with E-state index >= 15 is 0 Å². The summed E-state index contributed by atoms with van der Waals surface area (Å²) in [4.78, 5) is 17.6. The fourth-order valence-corrected chi connectivity index (χ4v) is 3.08. The minimum atomic E-state index is -0.254. The van der Waals surface area contributed by atoms with Crippen LogP contribution in [0.15, 0.2) is 88.3 Å². The topological polar surface area (TPSA) is 54.6 Å². The molecule has 28 heavy (non-hydrogen) atoms. The summed E-state index contributed by atoms with van der Waals surface area (Å²) in [5.41, 5.74) is 5.01. The van der Waals surface area contributed by atoms with Crippen molar-refractivity contribution in [2.24, 2.45) is 4.99 Å². The van der Waals surface area contributed by atoms with Crippen LogP contribution in [-0.4, -0.2) is 5.91 Å². The highest BCUT2D eigenvalue weighted by atomic mass is 16.3. The molecule has 4 heteroatoms. The maximum absolute atomic E-state index is 13.1. The lowest BCUT2D eigenvalue weighted by molar-refractivity contribution is 0.102. The first kappa shape index (κ1) is 17.7. The van der Waals surface area contributed by atoms with E-state index in [1.54, 1.807) is 0 Å². The van der Waals surface area contributed by atoms with Crippen LogP contribution in [0.3, 0.4) is 0 Å². The third-order valence-electron chi connectivity index (χ3n) is 4.52. The van der Waals surface area contributed by atoms with Crippen molar-refractivity contribution in [2.45, 2.75) is 13.8 Å². The van der Waals surface area contributed by atoms with Gasteiger partial charge in [0.25, 0.3) is 5.91 Å². The molecule has 0 aliphatic carbocycles. The third kappa shape index (κ3) is 3.71. The number of aryl methyl sites for hydroxylation is 2. The molecule has 4 aromatic rings. The first-order chi connectivity index (χ1) is 13.6. The van der Waals surface area contributed by atoms with Gasteiger partial charge >= 0.3 is 0 Å². The minimum absolute atomic E-state index is 0.254. The Labute approximate surface area is 163 Å². The molecule has 1 heterocycles. The van der Waals surface area contributed by atoms with Gasteiger partial charge in [0.05, 0.1) is 5.69 Å². The predicted octanol–water partition coefficient (Wildman–Crippen LogP) is 5.53. The molecule has 1 aromatic heterocycles. The van der Waals surface area contributed by atoms with Crippen molar-refractivity contribution in [3.8, 4) is 0 Å². The van der Waals surface area contributed by atoms with E-state index in [1.807, 2.05) is 92.7 Å². The lowest BCUT2D eigenvalue weighted by Gasteiger charge is -2.10. The Hall–Kier alpha value is -3.66. The van der Waals surface area contributed by atoms with Gasteiger partial charge in [-0.1, -0.05) is 54.1 Å². The van der Waals surface area contributed by atoms with Crippen LogP contribution in [0.25, 0.3) is 11.0 Å². The molecule has 138 valence electrons. The Balaban J connectivity index is 1.83. The van der Waals surface area contributed by atoms with Gasteiger partial charge in [0.1, 0.15) is 11.1 Å². The van der Waals surface area contributed by atoms with Crippen molar-refractivity contribution in [1.29, 1.82) is 0 Å². The van der Waals surface area contributed by atoms with Gasteiger partial charge in [0.2, 0.25) is 5.55 Å². The fourth-order valence-electron chi connectivity index (χ4n) is 3.08. The summed E-state index contributed by atoms with van der Waals surface area (Å²) in [7, 11) is 0. The molecule has 4 nitrogen and oxygen atoms in total. The van der Waals surface area contributed by atoms with E-state index in [0.717, 1.165) is 27.9 Å². The van der Waals surface area contributed by atoms with Crippen LogP contribution in [0.5, 0.6) is 0 Å². The molecule has 0 atom stereocenters. The van der Waals surface area contributed by atoms with Gasteiger partial charge in [0.15, 0.2) is 0 Å². The van der Waals surface area contributed by atoms with Gasteiger partial charge < -0.3 is 9.73 Å². The van der Waals surface area contributed by atoms with E-state index in [2.05, 4.69) is 10.3 Å². The molecule has 0 spiro atoms. The smallest absolute Gasteiger partial charge is 0.261 e. The minimum Gasteiger partial charge on any atom is -0.438 e. The third-order valence-corrected chi connectivity index (χ3v) is 4.52. The van der Waals surface area contributed by atoms with Crippen LogP contribution in [-0.2, 0) is 0 Å². The van der Waals surface area contributed by atoms with Gasteiger partial charge in [0, 0.05) is 11.1 Å². The first-order valence-electron chi connectivity index (χ1n) is 9.11. The van der Waals surface area contributed by atoms with E-state index in [1.165, 1.54) is 0 Å². The van der Waals surface area contributed by atoms with Crippen LogP contribution in [0, 0.1) is 13.8 Å². The van der Waals surface area contributed by atoms with Gasteiger partial charge in [-0.25, -0.2) is 4.99 Å². The number of hydrogen-bond donors (Lipinski definition) is 1. The number of nitrogens with zero attached hydrogens (tertiary/aromatic N) is 1. The fraction of sp³-hybridized carbons (Fsp3) is 0.0833. The Morgan fingerprint density at radius 1 is 0.893 bits per heavy atom. The van der Waals surface area contributed by atoms with Crippen LogP contribution in [0.2, 0.25) is 0 Å². The summed E-state index contributed by atoms with van der Waals surface area (Å²) in [6, 6.07) is 24.8. The van der Waals surface area contributed by atoms with E-state index in [9.17, 15) is 4.79 Å². The van der Waals surface area contributed by atoms with Gasteiger partial charge in [-0.15, -0.1) is 0 Å². The number of amides is 1. The predicted molar refractivity (Wildman–Crippen MR) is 112 cm³/mol. The molecule has 0 saturated heterocycles. The molecular weight excluding hydrogens is 348 g/mol. The molecule has 0 saturated carbocycles. The standard InChI is InChI=1S/C24H20N2O2/c1-16-12-13-21(17(2)14-16)26-23(27)20-15-18-8-6-7-11-22(18)28-24(20)25-19-9-4-3-5-10-19/h3-15H,1-2H3,(H,26,27). The second kappa shape index (κ2) is 7.53. The van der Waals surface area contributed by atoms with Crippen LogP contribution in [0.1, 0.15) is 21.5 Å². The number of benzene rings is 3. The zero-order valence-corrected chi connectivity index (χ0v) is 15.8. The zero-order valence-electron chi connectivity index (χ0n) is 15.8. The van der Waals surface area contributed by atoms with Crippen molar-refractivity contribution in [2.75, 3.05) is 5.32 Å². The Morgan fingerprint density at radius 2 is 1.64 bits per heavy atom. The molecule has 1 amide bonds. The molecule has 3 aromatic carbocycles. The quantitative estimate of drug-likeness (QED) is 0.516. The molecule has 0 bridgehead atoms. The largest absolute Gasteiger partial charge is 0.438 e. The Bertz CT molecular complexity index is 1220. The van der Waals surface area contributed by atoms with E-state index in [0.29, 0.717) is 11.1 Å². The first-order valence-corrected chi connectivity index (χ1v) is 9.11. The number of carbonyl (C=O) groups excluding carboxylic acids is 1. The number of hydrogen-bond acceptors (Lipinski definition) is 3. The van der Waals surface area contributed by atoms with Crippen LogP contribution < -0.4 is 10.9 Å². The molecule has 0 aliphatic rings. The second-order valence-electron chi connectivity index (χ2n) is 6.72. The van der Waals surface area contributed by atoms with Crippen LogP contribution >= 0.6 is 0 Å². The highest BCUT2D eigenvalue weighted by molar-refractivity contribution is 6.05. The highest BCUT2D eigenvalue weighted by Gasteiger charge is 2.14. The zero-order chi connectivity index (χ0) is 19.5. The molecule has 0 aliphatic heterocycles. The van der Waals surface area contributed by atoms with Crippen molar-refractivity contribution in [3.63, 3.8) is 0 Å². The maximum Gasteiger partial charge on any atom is 0.261 e. The van der Waals surface area contributed by atoms with Gasteiger partial charge in [-0.3, -0.25) is 4.79 Å². The SMILES string of the molecule is Cc1ccc(NC(=O)c2cc3ccccc3oc2=Nc2ccccc2)c(C)c1. The number of para-hydroxylation sites is 2. The summed E-state index contributed by atoms with van der Waals surface area (Å²) < 4.78 is 5.98. The van der Waals surface area contributed by atoms with E-state index in [-0.39, 0.29) is 11.5 Å². The van der Waals surface area contributed by atoms with Crippen molar-refractivity contribution in [1.82, 2.24) is 0 Å². The van der Waals surface area contributed by atoms with Crippen molar-refractivity contribution < 1.29 is 9.21 Å². The number of carbonyl (C=O) groups is 1. The van der Waals surface area contributed by atoms with Gasteiger partial charge in [-0.05, 0) is 49.7 Å². The highest BCUT2D eigenvalue weighted by Crippen LogP contribution is 2.19. The molecule has 1 N–H and O–H groups in total. The average Bonchev–Trinajstić information content (AvgIpc) is 2.70. The number of nitrogens with one attached hydrogen (secondary N) is 1. The summed E-state index contributed by atoms with van der Waals surface area (Å²) in [6.45, 7) is 4.00. The molecule has 0 fully saturated rings. The lowest BCUT2D eigenvalue weighted by atomic mass is 10.1. The van der Waals surface area contributed by atoms with E-state index in [4.69, 9.17) is 4.42 Å². The normalized spacial score (nSPS) is 11.6. The van der Waals surface area contributed by atoms with Crippen molar-refractivity contribution >= 4 is 28.3 Å². The molecule has 0 radical (unpaired) electrons. The van der Waals surface area contributed by atoms with Crippen molar-refractivity contribution in [3.05, 3.63) is 101 Å². The Kier molecular flexibility index (Phi) is 4.77. The summed E-state index contributed by atoms with van der Waals surface area (Å²) in [6.07, 6.45) is 0. The summed E-state index contributed by atoms with van der Waals surface area (Å²) >= 11 is 0.